The van der Waals surface area contributed by atoms with Crippen molar-refractivity contribution >= 4 is 11.7 Å². The molecule has 0 amide bonds. The van der Waals surface area contributed by atoms with E-state index in [1.807, 2.05) is 6.07 Å². The third-order valence-corrected chi connectivity index (χ3v) is 2.46. The highest BCUT2D eigenvalue weighted by atomic mass is 16.5. The van der Waals surface area contributed by atoms with Gasteiger partial charge in [0.1, 0.15) is 5.75 Å². The number of ether oxygens (including phenoxy) is 1. The Balaban J connectivity index is 2.24. The Morgan fingerprint density at radius 2 is 1.67 bits per heavy atom. The zero-order chi connectivity index (χ0) is 13.0. The van der Waals surface area contributed by atoms with Gasteiger partial charge in [-0.25, -0.2) is 4.79 Å². The summed E-state index contributed by atoms with van der Waals surface area (Å²) in [5.41, 5.74) is 6.71. The van der Waals surface area contributed by atoms with Crippen LogP contribution in [-0.4, -0.2) is 11.1 Å². The minimum absolute atomic E-state index is 0.515. The van der Waals surface area contributed by atoms with Crippen LogP contribution in [0.1, 0.15) is 11.7 Å². The van der Waals surface area contributed by atoms with E-state index < -0.39 is 12.1 Å². The summed E-state index contributed by atoms with van der Waals surface area (Å²) in [6.45, 7) is 0. The lowest BCUT2D eigenvalue weighted by atomic mass is 10.1. The summed E-state index contributed by atoms with van der Waals surface area (Å²) < 4.78 is 5.46. The Hall–Kier alpha value is -2.49. The number of hydrogen-bond donors (Lipinski definition) is 2. The molecule has 3 N–H and O–H groups in total. The van der Waals surface area contributed by atoms with E-state index in [-0.39, 0.29) is 0 Å². The first-order chi connectivity index (χ1) is 8.66. The highest BCUT2D eigenvalue weighted by Crippen LogP contribution is 2.22. The van der Waals surface area contributed by atoms with Crippen LogP contribution in [0, 0.1) is 0 Å². The molecule has 0 aliphatic carbocycles. The number of carboxylic acid groups (broad SMARTS) is 1. The molecule has 0 aromatic heterocycles. The molecule has 0 aliphatic heterocycles. The fourth-order valence-corrected chi connectivity index (χ4v) is 1.57. The molecule has 2 aromatic carbocycles. The molecule has 92 valence electrons. The average molecular weight is 243 g/mol. The maximum atomic E-state index is 11.2. The maximum Gasteiger partial charge on any atom is 0.349 e. The van der Waals surface area contributed by atoms with Crippen LogP contribution in [0.15, 0.2) is 54.6 Å². The van der Waals surface area contributed by atoms with Gasteiger partial charge in [-0.05, 0) is 24.3 Å². The van der Waals surface area contributed by atoms with Crippen molar-refractivity contribution in [3.05, 3.63) is 60.2 Å². The molecule has 2 aromatic rings. The summed E-state index contributed by atoms with van der Waals surface area (Å²) in [4.78, 5) is 11.2. The van der Waals surface area contributed by atoms with Crippen molar-refractivity contribution < 1.29 is 14.6 Å². The Morgan fingerprint density at radius 1 is 1.06 bits per heavy atom. The van der Waals surface area contributed by atoms with E-state index >= 15 is 0 Å². The number of carboxylic acids is 1. The van der Waals surface area contributed by atoms with Crippen molar-refractivity contribution in [1.82, 2.24) is 0 Å². The van der Waals surface area contributed by atoms with Gasteiger partial charge in [-0.15, -0.1) is 0 Å². The molecule has 0 saturated carbocycles. The highest BCUT2D eigenvalue weighted by Gasteiger charge is 2.21. The number of carbonyl (C=O) groups is 1. The van der Waals surface area contributed by atoms with E-state index in [1.54, 1.807) is 48.5 Å². The molecule has 2 rings (SSSR count). The molecule has 0 saturated heterocycles. The number of benzene rings is 2. The summed E-state index contributed by atoms with van der Waals surface area (Å²) >= 11 is 0. The van der Waals surface area contributed by atoms with Gasteiger partial charge in [0, 0.05) is 11.3 Å². The lowest BCUT2D eigenvalue weighted by Crippen LogP contribution is -2.18. The number of rotatable bonds is 4. The molecule has 4 nitrogen and oxygen atoms in total. The van der Waals surface area contributed by atoms with Gasteiger partial charge in [0.2, 0.25) is 6.10 Å². The molecule has 4 heteroatoms. The van der Waals surface area contributed by atoms with Gasteiger partial charge in [-0.3, -0.25) is 0 Å². The molecular weight excluding hydrogens is 230 g/mol. The van der Waals surface area contributed by atoms with Crippen molar-refractivity contribution in [2.24, 2.45) is 0 Å². The van der Waals surface area contributed by atoms with E-state index in [0.29, 0.717) is 17.0 Å². The molecule has 0 spiro atoms. The predicted molar refractivity (Wildman–Crippen MR) is 68.3 cm³/mol. The highest BCUT2D eigenvalue weighted by molar-refractivity contribution is 5.75. The van der Waals surface area contributed by atoms with Crippen molar-refractivity contribution in [3.63, 3.8) is 0 Å². The Morgan fingerprint density at radius 3 is 2.22 bits per heavy atom. The number of nitrogens with two attached hydrogens (primary N) is 1. The molecule has 1 unspecified atom stereocenters. The summed E-state index contributed by atoms with van der Waals surface area (Å²) in [5.74, 6) is -0.523. The first kappa shape index (κ1) is 12.0. The second-order valence-electron chi connectivity index (χ2n) is 3.82. The normalized spacial score (nSPS) is 11.8. The lowest BCUT2D eigenvalue weighted by Gasteiger charge is -2.15. The number of nitrogen functional groups attached to an aromatic ring is 1. The first-order valence-corrected chi connectivity index (χ1v) is 5.47. The van der Waals surface area contributed by atoms with E-state index in [1.165, 1.54) is 0 Å². The third kappa shape index (κ3) is 2.79. The lowest BCUT2D eigenvalue weighted by molar-refractivity contribution is -0.145. The van der Waals surface area contributed by atoms with Gasteiger partial charge in [0.05, 0.1) is 0 Å². The van der Waals surface area contributed by atoms with Crippen molar-refractivity contribution in [1.29, 1.82) is 0 Å². The van der Waals surface area contributed by atoms with Crippen LogP contribution >= 0.6 is 0 Å². The zero-order valence-electron chi connectivity index (χ0n) is 9.61. The topological polar surface area (TPSA) is 72.5 Å². The monoisotopic (exact) mass is 243 g/mol. The molecule has 0 radical (unpaired) electrons. The first-order valence-electron chi connectivity index (χ1n) is 5.47. The van der Waals surface area contributed by atoms with Crippen molar-refractivity contribution in [3.8, 4) is 5.75 Å². The van der Waals surface area contributed by atoms with Gasteiger partial charge < -0.3 is 15.6 Å². The molecule has 0 aliphatic rings. The summed E-state index contributed by atoms with van der Waals surface area (Å²) in [5, 5.41) is 9.20. The Kier molecular flexibility index (Phi) is 3.48. The molecule has 0 fully saturated rings. The average Bonchev–Trinajstić information content (AvgIpc) is 2.38. The van der Waals surface area contributed by atoms with Crippen LogP contribution in [0.2, 0.25) is 0 Å². The van der Waals surface area contributed by atoms with Crippen LogP contribution in [-0.2, 0) is 4.79 Å². The molecule has 0 bridgehead atoms. The van der Waals surface area contributed by atoms with Crippen LogP contribution < -0.4 is 10.5 Å². The van der Waals surface area contributed by atoms with Crippen molar-refractivity contribution in [2.75, 3.05) is 5.73 Å². The van der Waals surface area contributed by atoms with Crippen LogP contribution in [0.5, 0.6) is 5.75 Å². The number of hydrogen-bond acceptors (Lipinski definition) is 3. The van der Waals surface area contributed by atoms with Crippen molar-refractivity contribution in [2.45, 2.75) is 6.10 Å². The van der Waals surface area contributed by atoms with E-state index in [0.717, 1.165) is 0 Å². The standard InChI is InChI=1S/C14H13NO3/c15-11-8-6-10(7-9-11)13(14(16)17)18-12-4-2-1-3-5-12/h1-9,13H,15H2,(H,16,17). The van der Waals surface area contributed by atoms with Crippen LogP contribution in [0.25, 0.3) is 0 Å². The zero-order valence-corrected chi connectivity index (χ0v) is 9.61. The van der Waals surface area contributed by atoms with Gasteiger partial charge in [0.15, 0.2) is 0 Å². The summed E-state index contributed by atoms with van der Waals surface area (Å²) in [7, 11) is 0. The Bertz CT molecular complexity index is 522. The van der Waals surface area contributed by atoms with Crippen LogP contribution in [0.3, 0.4) is 0 Å². The summed E-state index contributed by atoms with van der Waals surface area (Å²) in [6, 6.07) is 15.5. The molecule has 1 atom stereocenters. The van der Waals surface area contributed by atoms with E-state index in [4.69, 9.17) is 10.5 Å². The quantitative estimate of drug-likeness (QED) is 0.809. The minimum atomic E-state index is -1.04. The Labute approximate surface area is 105 Å². The largest absolute Gasteiger partial charge is 0.478 e. The SMILES string of the molecule is Nc1ccc(C(Oc2ccccc2)C(=O)O)cc1. The third-order valence-electron chi connectivity index (χ3n) is 2.46. The summed E-state index contributed by atoms with van der Waals surface area (Å²) in [6.07, 6.45) is -1.03. The number of para-hydroxylation sites is 1. The second-order valence-corrected chi connectivity index (χ2v) is 3.82. The van der Waals surface area contributed by atoms with Crippen LogP contribution in [0.4, 0.5) is 5.69 Å². The fourth-order valence-electron chi connectivity index (χ4n) is 1.57. The second kappa shape index (κ2) is 5.23. The van der Waals surface area contributed by atoms with E-state index in [2.05, 4.69) is 0 Å². The van der Waals surface area contributed by atoms with E-state index in [9.17, 15) is 9.90 Å². The fraction of sp³-hybridized carbons (Fsp3) is 0.0714. The van der Waals surface area contributed by atoms with Gasteiger partial charge in [-0.1, -0.05) is 30.3 Å². The molecule has 0 heterocycles. The number of aliphatic carboxylic acids is 1. The predicted octanol–water partition coefficient (Wildman–Crippen LogP) is 2.47. The molecular formula is C14H13NO3. The van der Waals surface area contributed by atoms with Gasteiger partial charge >= 0.3 is 5.97 Å². The van der Waals surface area contributed by atoms with Gasteiger partial charge in [-0.2, -0.15) is 0 Å². The minimum Gasteiger partial charge on any atom is -0.478 e. The smallest absolute Gasteiger partial charge is 0.349 e. The molecule has 18 heavy (non-hydrogen) atoms. The maximum absolute atomic E-state index is 11.2. The van der Waals surface area contributed by atoms with Gasteiger partial charge in [0.25, 0.3) is 0 Å². The number of anilines is 1.